The highest BCUT2D eigenvalue weighted by molar-refractivity contribution is 6.33. The van der Waals surface area contributed by atoms with Gasteiger partial charge in [0, 0.05) is 32.1 Å². The van der Waals surface area contributed by atoms with Gasteiger partial charge in [-0.3, -0.25) is 9.79 Å². The normalized spacial score (nSPS) is 18.6. The number of Topliss-reactive ketones (excluding diaryl/α,β-unsaturated/α-hetero) is 1. The first kappa shape index (κ1) is 10.8. The van der Waals surface area contributed by atoms with Gasteiger partial charge in [-0.2, -0.15) is 0 Å². The van der Waals surface area contributed by atoms with Crippen molar-refractivity contribution < 1.29 is 4.79 Å². The van der Waals surface area contributed by atoms with Crippen LogP contribution in [0.15, 0.2) is 17.1 Å². The molecule has 4 heteroatoms. The van der Waals surface area contributed by atoms with E-state index in [1.165, 1.54) is 5.56 Å². The summed E-state index contributed by atoms with van der Waals surface area (Å²) in [4.78, 5) is 17.7. The molecule has 1 saturated heterocycles. The van der Waals surface area contributed by atoms with Crippen LogP contribution >= 0.6 is 11.6 Å². The zero-order chi connectivity index (χ0) is 11.8. The number of carbonyl (C=O) groups is 1. The summed E-state index contributed by atoms with van der Waals surface area (Å²) in [6, 6.07) is 4.08. The van der Waals surface area contributed by atoms with Gasteiger partial charge in [0.25, 0.3) is 0 Å². The lowest BCUT2D eigenvalue weighted by Crippen LogP contribution is -2.33. The molecule has 3 nitrogen and oxygen atoms in total. The molecule has 3 rings (SSSR count). The summed E-state index contributed by atoms with van der Waals surface area (Å²) in [5.74, 6) is 0.349. The highest BCUT2D eigenvalue weighted by Gasteiger charge is 2.20. The molecule has 17 heavy (non-hydrogen) atoms. The number of anilines is 1. The first-order chi connectivity index (χ1) is 8.24. The highest BCUT2D eigenvalue weighted by Crippen LogP contribution is 2.32. The van der Waals surface area contributed by atoms with Gasteiger partial charge in [-0.15, -0.1) is 0 Å². The van der Waals surface area contributed by atoms with Crippen LogP contribution in [0.4, 0.5) is 5.69 Å². The molecule has 1 aromatic rings. The Bertz CT molecular complexity index is 500. The van der Waals surface area contributed by atoms with Crippen LogP contribution in [0.3, 0.4) is 0 Å². The van der Waals surface area contributed by atoms with E-state index in [2.05, 4.69) is 16.0 Å². The van der Waals surface area contributed by atoms with Crippen molar-refractivity contribution in [3.8, 4) is 0 Å². The molecular weight excluding hydrogens is 236 g/mol. The molecule has 0 N–H and O–H groups in total. The van der Waals surface area contributed by atoms with Crippen LogP contribution in [-0.4, -0.2) is 25.1 Å². The van der Waals surface area contributed by atoms with E-state index in [4.69, 9.17) is 11.6 Å². The second-order valence-corrected chi connectivity index (χ2v) is 4.91. The van der Waals surface area contributed by atoms with Gasteiger partial charge in [-0.05, 0) is 23.3 Å². The topological polar surface area (TPSA) is 32.7 Å². The van der Waals surface area contributed by atoms with Crippen LogP contribution in [0.2, 0.25) is 5.02 Å². The Morgan fingerprint density at radius 3 is 2.76 bits per heavy atom. The smallest absolute Gasteiger partial charge is 0.136 e. The summed E-state index contributed by atoms with van der Waals surface area (Å²) in [5, 5.41) is 0.756. The molecule has 0 radical (unpaired) electrons. The number of rotatable bonds is 1. The molecule has 1 aromatic carbocycles. The van der Waals surface area contributed by atoms with Crippen LogP contribution in [-0.2, 0) is 11.3 Å². The Labute approximate surface area is 105 Å². The number of aliphatic imine (C=N–C) groups is 1. The number of benzene rings is 1. The summed E-state index contributed by atoms with van der Waals surface area (Å²) in [6.07, 6.45) is 3.12. The van der Waals surface area contributed by atoms with Crippen LogP contribution < -0.4 is 4.90 Å². The van der Waals surface area contributed by atoms with Gasteiger partial charge in [0.05, 0.1) is 17.3 Å². The molecule has 0 bridgehead atoms. The number of carbonyl (C=O) groups excluding carboxylic acids is 1. The van der Waals surface area contributed by atoms with Gasteiger partial charge in [0.2, 0.25) is 0 Å². The van der Waals surface area contributed by atoms with Crippen molar-refractivity contribution in [1.82, 2.24) is 0 Å². The maximum Gasteiger partial charge on any atom is 0.136 e. The lowest BCUT2D eigenvalue weighted by molar-refractivity contribution is -0.119. The quantitative estimate of drug-likeness (QED) is 0.765. The molecule has 2 aliphatic rings. The molecule has 0 saturated carbocycles. The van der Waals surface area contributed by atoms with E-state index in [-0.39, 0.29) is 0 Å². The van der Waals surface area contributed by atoms with Crippen molar-refractivity contribution in [2.75, 3.05) is 18.0 Å². The molecule has 0 aliphatic carbocycles. The second kappa shape index (κ2) is 4.15. The standard InChI is InChI=1S/C13H13ClN2O/c14-12-5-9-7-15-8-10(9)6-13(12)16-3-1-11(17)2-4-16/h5-7H,1-4,8H2. The summed E-state index contributed by atoms with van der Waals surface area (Å²) < 4.78 is 0. The predicted octanol–water partition coefficient (Wildman–Crippen LogP) is 2.44. The number of hydrogen-bond acceptors (Lipinski definition) is 3. The van der Waals surface area contributed by atoms with E-state index in [0.29, 0.717) is 18.6 Å². The van der Waals surface area contributed by atoms with Gasteiger partial charge in [0.15, 0.2) is 0 Å². The Morgan fingerprint density at radius 2 is 2.00 bits per heavy atom. The Kier molecular flexibility index (Phi) is 2.63. The maximum atomic E-state index is 11.2. The van der Waals surface area contributed by atoms with E-state index in [9.17, 15) is 4.79 Å². The summed E-state index contributed by atoms with van der Waals surface area (Å²) in [7, 11) is 0. The molecular formula is C13H13ClN2O. The third-order valence-electron chi connectivity index (χ3n) is 3.36. The number of piperidine rings is 1. The lowest BCUT2D eigenvalue weighted by atomic mass is 10.1. The molecule has 0 amide bonds. The Balaban J connectivity index is 1.91. The van der Waals surface area contributed by atoms with Crippen molar-refractivity contribution in [2.24, 2.45) is 4.99 Å². The van der Waals surface area contributed by atoms with Crippen LogP contribution in [0, 0.1) is 0 Å². The van der Waals surface area contributed by atoms with Gasteiger partial charge in [-0.1, -0.05) is 11.6 Å². The summed E-state index contributed by atoms with van der Waals surface area (Å²) >= 11 is 6.29. The fraction of sp³-hybridized carbons (Fsp3) is 0.385. The molecule has 0 atom stereocenters. The fourth-order valence-corrected chi connectivity index (χ4v) is 2.65. The minimum absolute atomic E-state index is 0.349. The Hall–Kier alpha value is -1.35. The maximum absolute atomic E-state index is 11.2. The predicted molar refractivity (Wildman–Crippen MR) is 69.2 cm³/mol. The van der Waals surface area contributed by atoms with E-state index in [0.717, 1.165) is 35.9 Å². The largest absolute Gasteiger partial charge is 0.369 e. The van der Waals surface area contributed by atoms with E-state index < -0.39 is 0 Å². The van der Waals surface area contributed by atoms with Gasteiger partial charge in [-0.25, -0.2) is 0 Å². The van der Waals surface area contributed by atoms with Gasteiger partial charge < -0.3 is 4.90 Å². The third-order valence-corrected chi connectivity index (χ3v) is 3.67. The van der Waals surface area contributed by atoms with Crippen LogP contribution in [0.5, 0.6) is 0 Å². The molecule has 1 fully saturated rings. The average molecular weight is 249 g/mol. The Morgan fingerprint density at radius 1 is 1.24 bits per heavy atom. The van der Waals surface area contributed by atoms with E-state index in [1.54, 1.807) is 0 Å². The monoisotopic (exact) mass is 248 g/mol. The van der Waals surface area contributed by atoms with Crippen molar-refractivity contribution in [3.63, 3.8) is 0 Å². The average Bonchev–Trinajstić information content (AvgIpc) is 2.76. The van der Waals surface area contributed by atoms with Crippen molar-refractivity contribution in [2.45, 2.75) is 19.4 Å². The zero-order valence-corrected chi connectivity index (χ0v) is 10.2. The van der Waals surface area contributed by atoms with Crippen molar-refractivity contribution >= 4 is 29.3 Å². The molecule has 0 aromatic heterocycles. The van der Waals surface area contributed by atoms with Gasteiger partial charge in [0.1, 0.15) is 5.78 Å². The second-order valence-electron chi connectivity index (χ2n) is 4.50. The van der Waals surface area contributed by atoms with Crippen molar-refractivity contribution in [1.29, 1.82) is 0 Å². The van der Waals surface area contributed by atoms with Crippen LogP contribution in [0.1, 0.15) is 24.0 Å². The number of fused-ring (bicyclic) bond motifs is 1. The molecule has 2 heterocycles. The zero-order valence-electron chi connectivity index (χ0n) is 9.45. The third kappa shape index (κ3) is 1.95. The number of halogens is 1. The van der Waals surface area contributed by atoms with E-state index >= 15 is 0 Å². The number of ketones is 1. The molecule has 88 valence electrons. The van der Waals surface area contributed by atoms with Crippen LogP contribution in [0.25, 0.3) is 0 Å². The number of nitrogens with zero attached hydrogens (tertiary/aromatic N) is 2. The van der Waals surface area contributed by atoms with Gasteiger partial charge >= 0.3 is 0 Å². The fourth-order valence-electron chi connectivity index (χ4n) is 2.36. The number of hydrogen-bond donors (Lipinski definition) is 0. The first-order valence-electron chi connectivity index (χ1n) is 5.83. The highest BCUT2D eigenvalue weighted by atomic mass is 35.5. The molecule has 0 unspecified atom stereocenters. The SMILES string of the molecule is O=C1CCN(c2cc3c(cc2Cl)C=NC3)CC1. The van der Waals surface area contributed by atoms with E-state index in [1.807, 2.05) is 12.3 Å². The molecule has 2 aliphatic heterocycles. The molecule has 0 spiro atoms. The minimum atomic E-state index is 0.349. The lowest BCUT2D eigenvalue weighted by Gasteiger charge is -2.29. The summed E-state index contributed by atoms with van der Waals surface area (Å²) in [5.41, 5.74) is 3.39. The summed E-state index contributed by atoms with van der Waals surface area (Å²) in [6.45, 7) is 2.29. The minimum Gasteiger partial charge on any atom is -0.369 e. The van der Waals surface area contributed by atoms with Crippen molar-refractivity contribution in [3.05, 3.63) is 28.3 Å². The first-order valence-corrected chi connectivity index (χ1v) is 6.21.